The summed E-state index contributed by atoms with van der Waals surface area (Å²) < 4.78 is 36.9. The van der Waals surface area contributed by atoms with Crippen LogP contribution in [-0.4, -0.2) is 70.7 Å². The fourth-order valence-electron chi connectivity index (χ4n) is 7.69. The van der Waals surface area contributed by atoms with Gasteiger partial charge in [-0.15, -0.1) is 0 Å². The minimum absolute atomic E-state index is 0.00481. The third-order valence-electron chi connectivity index (χ3n) is 11.1. The summed E-state index contributed by atoms with van der Waals surface area (Å²) in [6.45, 7) is 7.37. The molecular formula is C53H60O9Si. The Morgan fingerprint density at radius 3 is 1.52 bits per heavy atom. The normalized spacial score (nSPS) is 13.4. The van der Waals surface area contributed by atoms with E-state index in [4.69, 9.17) is 28.4 Å². The zero-order chi connectivity index (χ0) is 44.7. The molecule has 0 aliphatic heterocycles. The lowest BCUT2D eigenvalue weighted by molar-refractivity contribution is -0.167. The minimum atomic E-state index is -1.76. The van der Waals surface area contributed by atoms with Gasteiger partial charge < -0.3 is 38.6 Å². The lowest BCUT2D eigenvalue weighted by atomic mass is 9.79. The summed E-state index contributed by atoms with van der Waals surface area (Å²) in [6, 6.07) is 53.9. The molecule has 10 heteroatoms. The van der Waals surface area contributed by atoms with Gasteiger partial charge in [-0.1, -0.05) is 165 Å². The van der Waals surface area contributed by atoms with Gasteiger partial charge in [0, 0.05) is 21.1 Å². The summed E-state index contributed by atoms with van der Waals surface area (Å²) in [5.41, 5.74) is 1.33. The molecule has 9 nitrogen and oxygen atoms in total. The number of methoxy groups -OCH3 is 2. The Hall–Kier alpha value is -5.59. The lowest BCUT2D eigenvalue weighted by Crippen LogP contribution is -2.39. The Bertz CT molecular complexity index is 2160. The summed E-state index contributed by atoms with van der Waals surface area (Å²) in [7, 11) is 1.88. The maximum Gasteiger partial charge on any atom is 0.309 e. The van der Waals surface area contributed by atoms with Crippen LogP contribution in [0.3, 0.4) is 0 Å². The van der Waals surface area contributed by atoms with Gasteiger partial charge in [-0.3, -0.25) is 4.79 Å². The van der Waals surface area contributed by atoms with Crippen molar-refractivity contribution in [2.45, 2.75) is 68.0 Å². The predicted molar refractivity (Wildman–Crippen MR) is 249 cm³/mol. The molecule has 6 rings (SSSR count). The van der Waals surface area contributed by atoms with Crippen molar-refractivity contribution in [2.75, 3.05) is 34.2 Å². The molecule has 0 bridgehead atoms. The molecule has 0 fully saturated rings. The molecule has 0 saturated heterocycles. The first-order chi connectivity index (χ1) is 30.5. The average molecular weight is 869 g/mol. The highest BCUT2D eigenvalue weighted by atomic mass is 28.3. The fourth-order valence-corrected chi connectivity index (χ4v) is 8.45. The smallest absolute Gasteiger partial charge is 0.309 e. The van der Waals surface area contributed by atoms with Gasteiger partial charge in [-0.05, 0) is 63.7 Å². The highest BCUT2D eigenvalue weighted by molar-refractivity contribution is 6.76. The summed E-state index contributed by atoms with van der Waals surface area (Å²) in [5, 5.41) is 24.5. The maximum atomic E-state index is 14.1. The van der Waals surface area contributed by atoms with Crippen molar-refractivity contribution < 1.29 is 43.4 Å². The van der Waals surface area contributed by atoms with E-state index in [1.165, 1.54) is 0 Å². The van der Waals surface area contributed by atoms with Crippen molar-refractivity contribution in [3.63, 3.8) is 0 Å². The number of aliphatic hydroxyl groups excluding tert-OH is 1. The number of ether oxygens (including phenoxy) is 6. The Morgan fingerprint density at radius 2 is 1.06 bits per heavy atom. The third kappa shape index (κ3) is 12.1. The molecule has 0 saturated carbocycles. The van der Waals surface area contributed by atoms with Crippen LogP contribution < -0.4 is 9.47 Å². The Balaban J connectivity index is 1.30. The van der Waals surface area contributed by atoms with Crippen molar-refractivity contribution >= 4 is 14.0 Å². The molecule has 0 amide bonds. The molecule has 0 aliphatic carbocycles. The largest absolute Gasteiger partial charge is 0.497 e. The summed E-state index contributed by atoms with van der Waals surface area (Å²) in [6.07, 6.45) is -3.45. The standard InChI is InChI=1S/C53H60O9Si/c1-57-47-30-26-44(27-31-47)53(43-24-16-9-17-25-43,45-28-32-48(58-2)33-29-45)61-38-49(60-39-59-34-35-63(3,4)5)36-46(54)37-50(55)62-51(40-18-10-6-11-19-40)52(56,41-20-12-7-13-21-41)42-22-14-8-15-23-42/h6-33,46,49,51,54,56H,34-39H2,1-5H3/t46-,49+,51+/m1/s1. The third-order valence-corrected chi connectivity index (χ3v) is 12.8. The molecule has 0 unspecified atom stereocenters. The number of aliphatic hydroxyl groups is 2. The first kappa shape index (κ1) is 46.9. The molecule has 2 N–H and O–H groups in total. The second-order valence-electron chi connectivity index (χ2n) is 16.8. The number of esters is 1. The quantitative estimate of drug-likeness (QED) is 0.0214. The predicted octanol–water partition coefficient (Wildman–Crippen LogP) is 10.1. The van der Waals surface area contributed by atoms with Crippen LogP contribution in [0.5, 0.6) is 11.5 Å². The number of rotatable bonds is 23. The molecule has 330 valence electrons. The number of carbonyl (C=O) groups excluding carboxylic acids is 1. The van der Waals surface area contributed by atoms with Crippen molar-refractivity contribution in [2.24, 2.45) is 0 Å². The second-order valence-corrected chi connectivity index (χ2v) is 22.4. The maximum absolute atomic E-state index is 14.1. The van der Waals surface area contributed by atoms with Gasteiger partial charge in [-0.25, -0.2) is 0 Å². The highest BCUT2D eigenvalue weighted by Gasteiger charge is 2.44. The van der Waals surface area contributed by atoms with Crippen LogP contribution in [0.25, 0.3) is 0 Å². The van der Waals surface area contributed by atoms with Crippen LogP contribution in [0.1, 0.15) is 52.3 Å². The van der Waals surface area contributed by atoms with Crippen LogP contribution in [-0.2, 0) is 34.9 Å². The Kier molecular flexibility index (Phi) is 16.5. The summed E-state index contributed by atoms with van der Waals surface area (Å²) in [4.78, 5) is 14.1. The van der Waals surface area contributed by atoms with E-state index in [1.54, 1.807) is 14.2 Å². The highest BCUT2D eigenvalue weighted by Crippen LogP contribution is 2.44. The molecule has 63 heavy (non-hydrogen) atoms. The van der Waals surface area contributed by atoms with E-state index in [0.29, 0.717) is 34.8 Å². The van der Waals surface area contributed by atoms with Crippen LogP contribution in [0.2, 0.25) is 25.7 Å². The zero-order valence-electron chi connectivity index (χ0n) is 36.9. The molecule has 6 aromatic carbocycles. The Labute approximate surface area is 373 Å². The number of benzene rings is 6. The van der Waals surface area contributed by atoms with E-state index < -0.39 is 43.6 Å². The summed E-state index contributed by atoms with van der Waals surface area (Å²) >= 11 is 0. The van der Waals surface area contributed by atoms with Gasteiger partial charge >= 0.3 is 5.97 Å². The lowest BCUT2D eigenvalue weighted by Gasteiger charge is -2.37. The van der Waals surface area contributed by atoms with Crippen molar-refractivity contribution in [3.05, 3.63) is 203 Å². The molecule has 6 aromatic rings. The van der Waals surface area contributed by atoms with E-state index in [2.05, 4.69) is 19.6 Å². The van der Waals surface area contributed by atoms with Gasteiger partial charge in [0.2, 0.25) is 0 Å². The van der Waals surface area contributed by atoms with E-state index in [9.17, 15) is 15.0 Å². The molecule has 0 aromatic heterocycles. The molecule has 0 aliphatic rings. The van der Waals surface area contributed by atoms with E-state index in [-0.39, 0.29) is 26.2 Å². The number of hydrogen-bond acceptors (Lipinski definition) is 9. The van der Waals surface area contributed by atoms with Gasteiger partial charge in [0.25, 0.3) is 0 Å². The van der Waals surface area contributed by atoms with Gasteiger partial charge in [0.05, 0.1) is 39.5 Å². The topological polar surface area (TPSA) is 113 Å². The van der Waals surface area contributed by atoms with Gasteiger partial charge in [0.1, 0.15) is 23.9 Å². The number of hydrogen-bond donors (Lipinski definition) is 2. The van der Waals surface area contributed by atoms with Crippen molar-refractivity contribution in [3.8, 4) is 11.5 Å². The molecular weight excluding hydrogens is 809 g/mol. The Morgan fingerprint density at radius 1 is 0.619 bits per heavy atom. The van der Waals surface area contributed by atoms with Crippen LogP contribution in [0.15, 0.2) is 170 Å². The van der Waals surface area contributed by atoms with Gasteiger partial charge in [-0.2, -0.15) is 0 Å². The average Bonchev–Trinajstić information content (AvgIpc) is 3.31. The number of carbonyl (C=O) groups is 1. The first-order valence-corrected chi connectivity index (χ1v) is 25.1. The second kappa shape index (κ2) is 22.2. The fraction of sp³-hybridized carbons (Fsp3) is 0.302. The minimum Gasteiger partial charge on any atom is -0.497 e. The summed E-state index contributed by atoms with van der Waals surface area (Å²) in [5.74, 6) is 0.702. The van der Waals surface area contributed by atoms with Gasteiger partial charge in [0.15, 0.2) is 11.7 Å². The first-order valence-electron chi connectivity index (χ1n) is 21.4. The molecule has 0 heterocycles. The van der Waals surface area contributed by atoms with E-state index in [1.807, 2.05) is 170 Å². The van der Waals surface area contributed by atoms with Crippen LogP contribution >= 0.6 is 0 Å². The zero-order valence-corrected chi connectivity index (χ0v) is 37.9. The van der Waals surface area contributed by atoms with Crippen molar-refractivity contribution in [1.29, 1.82) is 0 Å². The van der Waals surface area contributed by atoms with Crippen molar-refractivity contribution in [1.82, 2.24) is 0 Å². The molecule has 0 spiro atoms. The molecule has 0 radical (unpaired) electrons. The SMILES string of the molecule is COc1ccc(C(OC[C@H](C[C@@H](O)CC(=O)O[C@@H](c2ccccc2)C(O)(c2ccccc2)c2ccccc2)OCOCC[Si](C)(C)C)(c2ccccc2)c2ccc(OC)cc2)cc1. The van der Waals surface area contributed by atoms with E-state index >= 15 is 0 Å². The molecule has 3 atom stereocenters. The van der Waals surface area contributed by atoms with Crippen LogP contribution in [0.4, 0.5) is 0 Å². The monoisotopic (exact) mass is 868 g/mol. The van der Waals surface area contributed by atoms with E-state index in [0.717, 1.165) is 22.7 Å². The van der Waals surface area contributed by atoms with Crippen LogP contribution in [0, 0.1) is 0 Å².